The maximum absolute atomic E-state index is 13.1. The summed E-state index contributed by atoms with van der Waals surface area (Å²) in [5.74, 6) is 20.4. The molecule has 19 rings (SSSR count). The van der Waals surface area contributed by atoms with Crippen molar-refractivity contribution in [1.29, 1.82) is 0 Å². The summed E-state index contributed by atoms with van der Waals surface area (Å²) in [7, 11) is 7.58. The third-order valence-electron chi connectivity index (χ3n) is 20.4. The number of benzene rings is 5. The quantitative estimate of drug-likeness (QED) is 0.00876. The van der Waals surface area contributed by atoms with Crippen molar-refractivity contribution in [3.05, 3.63) is 266 Å². The van der Waals surface area contributed by atoms with Crippen LogP contribution in [0, 0.1) is 35.0 Å². The van der Waals surface area contributed by atoms with Gasteiger partial charge in [-0.05, 0) is 303 Å². The normalized spacial score (nSPS) is 12.4. The number of pyridine rings is 5. The van der Waals surface area contributed by atoms with Crippen molar-refractivity contribution < 1.29 is 45.8 Å². The molecule has 2 saturated carbocycles. The molecule has 0 amide bonds. The number of nitrogen functional groups attached to an aromatic ring is 1. The number of alkyl halides is 6. The van der Waals surface area contributed by atoms with E-state index >= 15 is 0 Å². The summed E-state index contributed by atoms with van der Waals surface area (Å²) in [6, 6.07) is 46.0. The van der Waals surface area contributed by atoms with Crippen LogP contribution in [0.2, 0.25) is 40.8 Å². The van der Waals surface area contributed by atoms with Gasteiger partial charge in [0.1, 0.15) is 76.0 Å². The SMILES string of the molecule is C#CC1(C(F)(F)F)CC1.CCOC(OCC)OCC.CCc1ccnc(Br)c1.CN(c1ccnc(Br)c1)c1nc(Cl)nc2cc(Cl)ccc12.CN(c1ccnc(Br)c1)c1nc(NN)nc2cc(Cl)ccc12.CN(c1ccnc(Br)c1)c1nc2nncn2c2cc(Cl)ccc12.CN(c1ccnc(C#CC2(C(F)(F)F)CC2)c1)c1nc2nncn2c2cc(Cl)ccc12.Clc1ccc2c(Cl)nc(Cl)nc2c1.NNO. The van der Waals surface area contributed by atoms with Gasteiger partial charge in [-0.2, -0.15) is 46.3 Å². The Hall–Kier alpha value is -10.9. The summed E-state index contributed by atoms with van der Waals surface area (Å²) in [6.45, 7) is 9.23. The van der Waals surface area contributed by atoms with Crippen LogP contribution < -0.4 is 42.3 Å². The molecule has 0 bridgehead atoms. The van der Waals surface area contributed by atoms with Crippen LogP contribution in [0.5, 0.6) is 0 Å². The fourth-order valence-corrected chi connectivity index (χ4v) is 15.9. The van der Waals surface area contributed by atoms with Gasteiger partial charge < -0.3 is 39.0 Å². The van der Waals surface area contributed by atoms with E-state index in [1.54, 1.807) is 114 Å². The number of aromatic nitrogens is 19. The van der Waals surface area contributed by atoms with E-state index in [9.17, 15) is 26.3 Å². The Morgan fingerprint density at radius 3 is 1.17 bits per heavy atom. The number of halogens is 18. The highest BCUT2D eigenvalue weighted by atomic mass is 79.9. The number of terminal acetylenes is 1. The monoisotopic (exact) mass is 2340 g/mol. The smallest absolute Gasteiger partial charge is 0.330 e. The van der Waals surface area contributed by atoms with E-state index in [2.05, 4.69) is 185 Å². The van der Waals surface area contributed by atoms with Crippen molar-refractivity contribution in [2.75, 3.05) is 73.0 Å². The minimum atomic E-state index is -4.33. The molecule has 0 aliphatic heterocycles. The summed E-state index contributed by atoms with van der Waals surface area (Å²) < 4.78 is 96.7. The van der Waals surface area contributed by atoms with E-state index in [4.69, 9.17) is 118 Å². The maximum atomic E-state index is 13.1. The lowest BCUT2D eigenvalue weighted by molar-refractivity contribution is -0.282. The van der Waals surface area contributed by atoms with Crippen molar-refractivity contribution in [1.82, 2.24) is 99.6 Å². The second-order valence-electron chi connectivity index (χ2n) is 29.6. The van der Waals surface area contributed by atoms with E-state index in [1.165, 1.54) is 17.3 Å². The minimum Gasteiger partial charge on any atom is -0.330 e. The lowest BCUT2D eigenvalue weighted by Gasteiger charge is -2.20. The van der Waals surface area contributed by atoms with Gasteiger partial charge in [0.25, 0.3) is 18.0 Å². The zero-order valence-electron chi connectivity index (χ0n) is 75.2. The Balaban J connectivity index is 0.000000159. The van der Waals surface area contributed by atoms with E-state index in [-0.39, 0.29) is 41.9 Å². The number of fused-ring (bicyclic) bond motifs is 9. The number of ether oxygens (including phenoxy) is 3. The zero-order chi connectivity index (χ0) is 102. The number of rotatable bonds is 16. The summed E-state index contributed by atoms with van der Waals surface area (Å²) in [5.41, 5.74) is 8.91. The summed E-state index contributed by atoms with van der Waals surface area (Å²) in [6.07, 6.45) is 9.20. The van der Waals surface area contributed by atoms with Gasteiger partial charge in [-0.15, -0.1) is 32.4 Å². The number of nitrogens with zero attached hydrogens (tertiary/aromatic N) is 23. The predicted molar refractivity (Wildman–Crippen MR) is 556 cm³/mol. The average Bonchev–Trinajstić information content (AvgIpc) is 1.60. The molecule has 7 N–H and O–H groups in total. The molecule has 2 fully saturated rings. The summed E-state index contributed by atoms with van der Waals surface area (Å²) in [4.78, 5) is 62.5. The number of anilines is 9. The molecule has 0 radical (unpaired) electrons. The standard InChI is InChI=1S/C21H14ClF3N6.C15H10BrClN6.C14H9BrCl2N4.C14H12BrClN6.C8H3Cl3N2.C7H8BrN.C7H16O3.C6H5F3.H4N2O/c1-30(15-5-9-26-14(11-15)4-6-20(7-8-20)21(23,24)25)18-16-3-2-13(22)10-17(16)31-12-27-29-19(31)28-18;1-22(10-4-5-18-13(16)7-10)14-11-3-2-9(17)6-12(11)23-8-19-21-15(23)20-14;1-21(9-4-5-18-12(15)7-9)13-10-3-2-8(16)6-11(10)19-14(17)20-13;1-22(9-4-5-18-12(15)7-9)13-10-3-2-8(16)6-11(10)19-14(20-13)21-17;9-4-1-2-5-6(3-4)12-8(11)13-7(5)10;1-2-6-3-4-9-7(8)5-6;1-4-8-7(9-5-2)10-6-3;1-2-5(3-4-5)6(7,8)9;1-2-3/h2-3,5,9-12H,7-8H2,1H3;2-8H,1H3;2-7H,1H3;2-7H,17H2,1H3,(H,19,20,21);1-3H;3-5H,2H2,1H3;7H,4-6H2,1-3H3;1H,3-4H2;2-3H,1H2. The minimum absolute atomic E-state index is 0.0277. The van der Waals surface area contributed by atoms with Gasteiger partial charge in [-0.25, -0.2) is 56.5 Å². The van der Waals surface area contributed by atoms with E-state index in [0.717, 1.165) is 85.7 Å². The molecule has 141 heavy (non-hydrogen) atoms. The van der Waals surface area contributed by atoms with Crippen molar-refractivity contribution in [3.63, 3.8) is 0 Å². The van der Waals surface area contributed by atoms with Gasteiger partial charge in [-0.3, -0.25) is 14.2 Å². The number of aryl methyl sites for hydroxylation is 1. The Bertz CT molecular complexity index is 7320. The Labute approximate surface area is 876 Å². The highest BCUT2D eigenvalue weighted by Gasteiger charge is 2.63. The van der Waals surface area contributed by atoms with Crippen molar-refractivity contribution in [2.24, 2.45) is 22.5 Å². The Kier molecular flexibility index (Phi) is 39.9. The van der Waals surface area contributed by atoms with Crippen LogP contribution in [-0.2, 0) is 20.6 Å². The lowest BCUT2D eigenvalue weighted by Crippen LogP contribution is -2.22. The third-order valence-corrected chi connectivity index (χ3v) is 24.0. The molecule has 734 valence electrons. The van der Waals surface area contributed by atoms with Gasteiger partial charge in [0.2, 0.25) is 16.5 Å². The van der Waals surface area contributed by atoms with Crippen molar-refractivity contribution >= 4 is 275 Å². The van der Waals surface area contributed by atoms with E-state index in [0.29, 0.717) is 107 Å². The molecule has 17 aromatic rings. The van der Waals surface area contributed by atoms with Gasteiger partial charge in [-0.1, -0.05) is 88.4 Å². The van der Waals surface area contributed by atoms with Crippen LogP contribution in [0.15, 0.2) is 214 Å². The fraction of sp³-hybridized carbons (Fsp3) is 0.228. The van der Waals surface area contributed by atoms with E-state index < -0.39 is 29.7 Å². The number of nitrogens with two attached hydrogens (primary N) is 2. The van der Waals surface area contributed by atoms with Crippen LogP contribution in [0.1, 0.15) is 64.6 Å². The number of hydrazine groups is 2. The number of hydrogen-bond acceptors (Lipinski definition) is 29. The Morgan fingerprint density at radius 2 is 0.801 bits per heavy atom. The van der Waals surface area contributed by atoms with Crippen LogP contribution >= 0.6 is 157 Å². The molecule has 31 nitrogen and oxygen atoms in total. The number of hydrogen-bond donors (Lipinski definition) is 5. The number of nitrogens with one attached hydrogen (secondary N) is 2. The summed E-state index contributed by atoms with van der Waals surface area (Å²) in [5, 5.41) is 31.0. The van der Waals surface area contributed by atoms with Gasteiger partial charge in [0.05, 0.1) is 27.6 Å². The average molecular weight is 2350 g/mol. The molecule has 49 heteroatoms. The maximum Gasteiger partial charge on any atom is 0.405 e. The zero-order valence-corrected chi connectivity index (χ0v) is 87.6. The topological polar surface area (TPSA) is 365 Å². The molecule has 12 aromatic heterocycles. The first-order valence-electron chi connectivity index (χ1n) is 41.7. The molecule has 0 unspecified atom stereocenters. The van der Waals surface area contributed by atoms with E-state index in [1.807, 2.05) is 158 Å². The van der Waals surface area contributed by atoms with Crippen molar-refractivity contribution in [3.8, 4) is 24.2 Å². The first-order valence-corrected chi connectivity index (χ1v) is 47.9. The van der Waals surface area contributed by atoms with Crippen LogP contribution in [0.4, 0.5) is 78.3 Å². The molecule has 12 heterocycles. The second-order valence-corrected chi connectivity index (χ2v) is 36.1. The first-order chi connectivity index (χ1) is 67.3. The molecule has 0 saturated heterocycles. The molecular weight excluding hydrogens is 2260 g/mol. The first kappa shape index (κ1) is 111. The largest absolute Gasteiger partial charge is 0.405 e. The molecule has 0 spiro atoms. The third kappa shape index (κ3) is 29.5. The molecule has 2 aliphatic rings. The Morgan fingerprint density at radius 1 is 0.447 bits per heavy atom. The molecular formula is C92H81Br4Cl8F6N27O4. The fourth-order valence-electron chi connectivity index (χ4n) is 12.9. The highest BCUT2D eigenvalue weighted by molar-refractivity contribution is 9.11. The van der Waals surface area contributed by atoms with Crippen molar-refractivity contribution in [2.45, 2.75) is 78.6 Å². The molecule has 2 aliphatic carbocycles. The molecule has 5 aromatic carbocycles. The highest BCUT2D eigenvalue weighted by Crippen LogP contribution is 2.58. The summed E-state index contributed by atoms with van der Waals surface area (Å²) >= 11 is 61.1. The van der Waals surface area contributed by atoms with Gasteiger partial charge in [0.15, 0.2) is 0 Å². The molecule has 0 atom stereocenters. The van der Waals surface area contributed by atoms with Crippen LogP contribution in [0.25, 0.3) is 66.1 Å². The van der Waals surface area contributed by atoms with Gasteiger partial charge >= 0.3 is 12.4 Å². The predicted octanol–water partition coefficient (Wildman–Crippen LogP) is 25.2. The van der Waals surface area contributed by atoms with Crippen LogP contribution in [0.3, 0.4) is 0 Å². The lowest BCUT2D eigenvalue weighted by atomic mass is 10.1. The van der Waals surface area contributed by atoms with Crippen LogP contribution in [-0.4, -0.2) is 166 Å². The second kappa shape index (κ2) is 50.9. The van der Waals surface area contributed by atoms with Gasteiger partial charge in [0, 0.05) is 154 Å².